The maximum atomic E-state index is 12.7. The zero-order valence-electron chi connectivity index (χ0n) is 16.2. The minimum Gasteiger partial charge on any atom is -0.496 e. The molecule has 7 nitrogen and oxygen atoms in total. The second-order valence-electron chi connectivity index (χ2n) is 6.58. The summed E-state index contributed by atoms with van der Waals surface area (Å²) in [4.78, 5) is 25.8. The molecule has 1 fully saturated rings. The highest BCUT2D eigenvalue weighted by molar-refractivity contribution is 5.79. The van der Waals surface area contributed by atoms with Crippen LogP contribution in [0.25, 0.3) is 0 Å². The minimum atomic E-state index is 0.131. The maximum Gasteiger partial charge on any atom is 0.227 e. The molecule has 0 radical (unpaired) electrons. The molecule has 0 bridgehead atoms. The van der Waals surface area contributed by atoms with Crippen molar-refractivity contribution in [1.82, 2.24) is 14.9 Å². The van der Waals surface area contributed by atoms with Crippen molar-refractivity contribution in [1.29, 1.82) is 0 Å². The summed E-state index contributed by atoms with van der Waals surface area (Å²) in [5, 5.41) is 3.17. The molecular formula is C20H27N5O2. The van der Waals surface area contributed by atoms with Crippen LogP contribution in [0, 0.1) is 6.92 Å². The van der Waals surface area contributed by atoms with Crippen molar-refractivity contribution in [3.05, 3.63) is 41.6 Å². The number of aryl methyl sites for hydroxylation is 1. The number of nitrogens with zero attached hydrogens (tertiary/aromatic N) is 4. The fourth-order valence-electron chi connectivity index (χ4n) is 3.26. The molecule has 0 aliphatic carbocycles. The van der Waals surface area contributed by atoms with E-state index in [1.807, 2.05) is 49.1 Å². The molecule has 1 amide bonds. The van der Waals surface area contributed by atoms with E-state index in [-0.39, 0.29) is 5.91 Å². The summed E-state index contributed by atoms with van der Waals surface area (Å²) in [6, 6.07) is 9.67. The van der Waals surface area contributed by atoms with E-state index in [2.05, 4.69) is 20.2 Å². The molecule has 27 heavy (non-hydrogen) atoms. The molecular weight excluding hydrogens is 342 g/mol. The van der Waals surface area contributed by atoms with Crippen molar-refractivity contribution in [2.75, 3.05) is 50.1 Å². The molecule has 144 valence electrons. The summed E-state index contributed by atoms with van der Waals surface area (Å²) < 4.78 is 5.35. The third kappa shape index (κ3) is 4.67. The van der Waals surface area contributed by atoms with E-state index in [9.17, 15) is 4.79 Å². The molecule has 0 spiro atoms. The molecule has 0 saturated carbocycles. The largest absolute Gasteiger partial charge is 0.496 e. The molecule has 0 atom stereocenters. The summed E-state index contributed by atoms with van der Waals surface area (Å²) in [6.07, 6.45) is 0.362. The van der Waals surface area contributed by atoms with Gasteiger partial charge in [-0.1, -0.05) is 18.2 Å². The number of para-hydroxylation sites is 1. The highest BCUT2D eigenvalue weighted by atomic mass is 16.5. The van der Waals surface area contributed by atoms with Gasteiger partial charge in [-0.3, -0.25) is 4.79 Å². The number of carbonyl (C=O) groups is 1. The predicted molar refractivity (Wildman–Crippen MR) is 106 cm³/mol. The van der Waals surface area contributed by atoms with Crippen molar-refractivity contribution >= 4 is 17.7 Å². The molecule has 7 heteroatoms. The third-order valence-corrected chi connectivity index (χ3v) is 4.67. The Balaban J connectivity index is 1.61. The molecule has 2 heterocycles. The maximum absolute atomic E-state index is 12.7. The highest BCUT2D eigenvalue weighted by Crippen LogP contribution is 2.20. The van der Waals surface area contributed by atoms with Gasteiger partial charge < -0.3 is 19.9 Å². The van der Waals surface area contributed by atoms with Crippen LogP contribution in [-0.2, 0) is 11.2 Å². The van der Waals surface area contributed by atoms with E-state index in [1.54, 1.807) is 7.11 Å². The van der Waals surface area contributed by atoms with Crippen molar-refractivity contribution in [2.45, 2.75) is 20.3 Å². The fraction of sp³-hybridized carbons (Fsp3) is 0.450. The Kier molecular flexibility index (Phi) is 6.11. The lowest BCUT2D eigenvalue weighted by Gasteiger charge is -2.35. The molecule has 1 saturated heterocycles. The van der Waals surface area contributed by atoms with Crippen molar-refractivity contribution in [2.24, 2.45) is 0 Å². The normalized spacial score (nSPS) is 14.2. The average Bonchev–Trinajstić information content (AvgIpc) is 2.68. The number of amides is 1. The summed E-state index contributed by atoms with van der Waals surface area (Å²) >= 11 is 0. The van der Waals surface area contributed by atoms with E-state index < -0.39 is 0 Å². The van der Waals surface area contributed by atoms with E-state index in [0.29, 0.717) is 25.5 Å². The van der Waals surface area contributed by atoms with Gasteiger partial charge in [0.25, 0.3) is 0 Å². The van der Waals surface area contributed by atoms with Crippen molar-refractivity contribution in [3.8, 4) is 5.75 Å². The number of anilines is 2. The number of nitrogens with one attached hydrogen (secondary N) is 1. The van der Waals surface area contributed by atoms with Gasteiger partial charge in [0.15, 0.2) is 0 Å². The number of hydrogen-bond donors (Lipinski definition) is 1. The number of carbonyl (C=O) groups excluding carboxylic acids is 1. The number of methoxy groups -OCH3 is 1. The van der Waals surface area contributed by atoms with Crippen molar-refractivity contribution in [3.63, 3.8) is 0 Å². The van der Waals surface area contributed by atoms with Gasteiger partial charge in [0.1, 0.15) is 11.6 Å². The van der Waals surface area contributed by atoms with Gasteiger partial charge in [0.2, 0.25) is 11.9 Å². The van der Waals surface area contributed by atoms with E-state index >= 15 is 0 Å². The number of rotatable bonds is 6. The number of benzene rings is 1. The fourth-order valence-corrected chi connectivity index (χ4v) is 3.26. The Morgan fingerprint density at radius 2 is 1.93 bits per heavy atom. The molecule has 1 aromatic heterocycles. The monoisotopic (exact) mass is 369 g/mol. The summed E-state index contributed by atoms with van der Waals surface area (Å²) in [7, 11) is 1.63. The van der Waals surface area contributed by atoms with Gasteiger partial charge in [0.05, 0.1) is 13.5 Å². The molecule has 1 aliphatic rings. The number of piperazine rings is 1. The van der Waals surface area contributed by atoms with Gasteiger partial charge in [-0.2, -0.15) is 4.98 Å². The lowest BCUT2D eigenvalue weighted by atomic mass is 10.1. The van der Waals surface area contributed by atoms with Gasteiger partial charge in [-0.15, -0.1) is 0 Å². The molecule has 0 unspecified atom stereocenters. The Bertz CT molecular complexity index is 788. The van der Waals surface area contributed by atoms with Crippen LogP contribution in [-0.4, -0.2) is 60.6 Å². The van der Waals surface area contributed by atoms with Gasteiger partial charge in [-0.05, 0) is 19.9 Å². The smallest absolute Gasteiger partial charge is 0.227 e. The summed E-state index contributed by atoms with van der Waals surface area (Å²) in [5.74, 6) is 2.46. The zero-order valence-corrected chi connectivity index (χ0v) is 16.2. The van der Waals surface area contributed by atoms with Crippen LogP contribution in [0.5, 0.6) is 5.75 Å². The first-order valence-corrected chi connectivity index (χ1v) is 9.35. The SMILES string of the molecule is CCNc1nc(C)cc(N2CCN(C(=O)Cc3ccccc3OC)CC2)n1. The topological polar surface area (TPSA) is 70.6 Å². The summed E-state index contributed by atoms with van der Waals surface area (Å²) in [6.45, 7) is 7.69. The number of ether oxygens (including phenoxy) is 1. The number of hydrogen-bond acceptors (Lipinski definition) is 6. The van der Waals surface area contributed by atoms with Crippen LogP contribution in [0.2, 0.25) is 0 Å². The Hall–Kier alpha value is -2.83. The first kappa shape index (κ1) is 18.9. The molecule has 1 N–H and O–H groups in total. The van der Waals surface area contributed by atoms with Crippen LogP contribution >= 0.6 is 0 Å². The molecule has 3 rings (SSSR count). The zero-order chi connectivity index (χ0) is 19.2. The van der Waals surface area contributed by atoms with Crippen LogP contribution in [0.1, 0.15) is 18.2 Å². The Morgan fingerprint density at radius 1 is 1.19 bits per heavy atom. The quantitative estimate of drug-likeness (QED) is 0.841. The van der Waals surface area contributed by atoms with Gasteiger partial charge in [-0.25, -0.2) is 4.98 Å². The van der Waals surface area contributed by atoms with Crippen LogP contribution in [0.3, 0.4) is 0 Å². The third-order valence-electron chi connectivity index (χ3n) is 4.67. The van der Waals surface area contributed by atoms with Crippen LogP contribution in [0.15, 0.2) is 30.3 Å². The van der Waals surface area contributed by atoms with Crippen LogP contribution in [0.4, 0.5) is 11.8 Å². The lowest BCUT2D eigenvalue weighted by Crippen LogP contribution is -2.49. The molecule has 1 aliphatic heterocycles. The van der Waals surface area contributed by atoms with E-state index in [4.69, 9.17) is 4.74 Å². The second-order valence-corrected chi connectivity index (χ2v) is 6.58. The standard InChI is InChI=1S/C20H27N5O2/c1-4-21-20-22-15(2)13-18(23-20)24-9-11-25(12-10-24)19(26)14-16-7-5-6-8-17(16)27-3/h5-8,13H,4,9-12,14H2,1-3H3,(H,21,22,23). The van der Waals surface area contributed by atoms with Gasteiger partial charge in [0, 0.05) is 50.0 Å². The highest BCUT2D eigenvalue weighted by Gasteiger charge is 2.23. The number of aromatic nitrogens is 2. The van der Waals surface area contributed by atoms with Crippen molar-refractivity contribution < 1.29 is 9.53 Å². The second kappa shape index (κ2) is 8.70. The lowest BCUT2D eigenvalue weighted by molar-refractivity contribution is -0.130. The van der Waals surface area contributed by atoms with Crippen LogP contribution < -0.4 is 15.0 Å². The predicted octanol–water partition coefficient (Wildman–Crippen LogP) is 2.12. The summed E-state index contributed by atoms with van der Waals surface area (Å²) in [5.41, 5.74) is 1.86. The molecule has 1 aromatic carbocycles. The first-order valence-electron chi connectivity index (χ1n) is 9.35. The van der Waals surface area contributed by atoms with E-state index in [1.165, 1.54) is 0 Å². The Labute approximate surface area is 160 Å². The first-order chi connectivity index (χ1) is 13.1. The van der Waals surface area contributed by atoms with E-state index in [0.717, 1.165) is 42.5 Å². The minimum absolute atomic E-state index is 0.131. The Morgan fingerprint density at radius 3 is 2.63 bits per heavy atom. The van der Waals surface area contributed by atoms with Gasteiger partial charge >= 0.3 is 0 Å². The molecule has 2 aromatic rings. The average molecular weight is 369 g/mol.